The third kappa shape index (κ3) is 3.39. The number of hydrogen-bond donors (Lipinski definition) is 1. The number of benzene rings is 1. The molecule has 1 saturated heterocycles. The van der Waals surface area contributed by atoms with Crippen molar-refractivity contribution in [1.82, 2.24) is 14.5 Å². The number of esters is 1. The van der Waals surface area contributed by atoms with Crippen LogP contribution in [0.1, 0.15) is 36.9 Å². The lowest BCUT2D eigenvalue weighted by molar-refractivity contribution is -0.0515. The van der Waals surface area contributed by atoms with Crippen LogP contribution in [-0.2, 0) is 9.47 Å². The summed E-state index contributed by atoms with van der Waals surface area (Å²) in [4.78, 5) is 32.0. The minimum Gasteiger partial charge on any atom is -0.454 e. The Labute approximate surface area is 144 Å². The maximum absolute atomic E-state index is 12.4. The molecule has 1 fully saturated rings. The van der Waals surface area contributed by atoms with Gasteiger partial charge in [-0.05, 0) is 18.6 Å². The Morgan fingerprint density at radius 1 is 1.36 bits per heavy atom. The minimum atomic E-state index is -0.791. The van der Waals surface area contributed by atoms with Crippen LogP contribution in [0.5, 0.6) is 0 Å². The molecule has 8 nitrogen and oxygen atoms in total. The van der Waals surface area contributed by atoms with Crippen LogP contribution in [0.3, 0.4) is 0 Å². The summed E-state index contributed by atoms with van der Waals surface area (Å²) >= 11 is 0. The van der Waals surface area contributed by atoms with E-state index >= 15 is 0 Å². The molecule has 0 spiro atoms. The summed E-state index contributed by atoms with van der Waals surface area (Å²) in [6.45, 7) is 3.90. The summed E-state index contributed by atoms with van der Waals surface area (Å²) in [6.07, 6.45) is 0.414. The third-order valence-electron chi connectivity index (χ3n) is 4.37. The Morgan fingerprint density at radius 2 is 2.08 bits per heavy atom. The Kier molecular flexibility index (Phi) is 4.80. The van der Waals surface area contributed by atoms with E-state index in [1.807, 2.05) is 19.9 Å². The van der Waals surface area contributed by atoms with Gasteiger partial charge in [-0.2, -0.15) is 4.98 Å². The van der Waals surface area contributed by atoms with E-state index in [9.17, 15) is 9.59 Å². The highest BCUT2D eigenvalue weighted by molar-refractivity contribution is 5.89. The molecule has 0 aliphatic carbocycles. The number of rotatable bonds is 4. The highest BCUT2D eigenvalue weighted by Gasteiger charge is 2.45. The smallest absolute Gasteiger partial charge is 0.354 e. The molecule has 4 atom stereocenters. The molecule has 0 saturated carbocycles. The van der Waals surface area contributed by atoms with Crippen LogP contribution in [0.15, 0.2) is 41.5 Å². The summed E-state index contributed by atoms with van der Waals surface area (Å²) in [6, 6.07) is 8.69. The zero-order valence-electron chi connectivity index (χ0n) is 14.0. The van der Waals surface area contributed by atoms with Crippen molar-refractivity contribution in [2.75, 3.05) is 5.73 Å². The lowest BCUT2D eigenvalue weighted by atomic mass is 9.98. The second-order valence-corrected chi connectivity index (χ2v) is 5.97. The minimum absolute atomic E-state index is 0.0906. The predicted octanol–water partition coefficient (Wildman–Crippen LogP) is 1.39. The highest BCUT2D eigenvalue weighted by atomic mass is 16.6. The number of nitrogen functional groups attached to an aromatic ring is 1. The number of nitrogens with zero attached hydrogens (tertiary/aromatic N) is 3. The standard InChI is InChI=1S/C17H20N4O4/c1-3-12-10(2)13(25-15(22)11-7-5-4-6-8-11)14(24-12)21-9-19-16(18)20-17(21)23/h4-10,12-14H,3H2,1-2H3,(H2,18,20,23)/t10-,12+,13?,14+/m0/s1. The van der Waals surface area contributed by atoms with Crippen LogP contribution < -0.4 is 11.4 Å². The molecule has 2 N–H and O–H groups in total. The van der Waals surface area contributed by atoms with E-state index in [1.165, 1.54) is 10.9 Å². The van der Waals surface area contributed by atoms with Crippen LogP contribution in [0.25, 0.3) is 0 Å². The zero-order valence-corrected chi connectivity index (χ0v) is 14.0. The lowest BCUT2D eigenvalue weighted by Gasteiger charge is -2.22. The quantitative estimate of drug-likeness (QED) is 0.835. The van der Waals surface area contributed by atoms with Gasteiger partial charge in [0.2, 0.25) is 5.95 Å². The normalized spacial score (nSPS) is 25.7. The van der Waals surface area contributed by atoms with E-state index in [0.29, 0.717) is 5.56 Å². The molecular weight excluding hydrogens is 324 g/mol. The Bertz CT molecular complexity index is 808. The van der Waals surface area contributed by atoms with Crippen molar-refractivity contribution in [3.8, 4) is 0 Å². The first kappa shape index (κ1) is 17.1. The van der Waals surface area contributed by atoms with E-state index in [4.69, 9.17) is 15.2 Å². The topological polar surface area (TPSA) is 109 Å². The molecule has 1 unspecified atom stereocenters. The van der Waals surface area contributed by atoms with Gasteiger partial charge >= 0.3 is 11.7 Å². The number of anilines is 1. The second kappa shape index (κ2) is 7.02. The first-order valence-electron chi connectivity index (χ1n) is 8.13. The van der Waals surface area contributed by atoms with Crippen LogP contribution in [0, 0.1) is 5.92 Å². The van der Waals surface area contributed by atoms with Gasteiger partial charge in [0.25, 0.3) is 0 Å². The fourth-order valence-corrected chi connectivity index (χ4v) is 3.00. The van der Waals surface area contributed by atoms with Crippen LogP contribution in [-0.4, -0.2) is 32.7 Å². The first-order valence-corrected chi connectivity index (χ1v) is 8.13. The van der Waals surface area contributed by atoms with Gasteiger partial charge in [0.05, 0.1) is 11.7 Å². The SMILES string of the molecule is CC[C@H]1O[C@@H](n2cnc(N)nc2=O)C(OC(=O)c2ccccc2)[C@H]1C. The summed E-state index contributed by atoms with van der Waals surface area (Å²) in [7, 11) is 0. The second-order valence-electron chi connectivity index (χ2n) is 5.97. The van der Waals surface area contributed by atoms with Crippen molar-refractivity contribution in [3.05, 3.63) is 52.7 Å². The van der Waals surface area contributed by atoms with Crippen molar-refractivity contribution in [2.45, 2.75) is 38.7 Å². The Balaban J connectivity index is 1.90. The monoisotopic (exact) mass is 344 g/mol. The predicted molar refractivity (Wildman–Crippen MR) is 89.7 cm³/mol. The molecule has 132 valence electrons. The summed E-state index contributed by atoms with van der Waals surface area (Å²) < 4.78 is 12.8. The van der Waals surface area contributed by atoms with Crippen LogP contribution >= 0.6 is 0 Å². The molecule has 0 bridgehead atoms. The van der Waals surface area contributed by atoms with Crippen LogP contribution in [0.4, 0.5) is 5.95 Å². The van der Waals surface area contributed by atoms with Gasteiger partial charge in [-0.3, -0.25) is 4.57 Å². The number of aromatic nitrogens is 3. The van der Waals surface area contributed by atoms with Gasteiger partial charge in [0.1, 0.15) is 6.33 Å². The zero-order chi connectivity index (χ0) is 18.0. The van der Waals surface area contributed by atoms with Crippen molar-refractivity contribution in [2.24, 2.45) is 5.92 Å². The molecule has 1 aromatic carbocycles. The van der Waals surface area contributed by atoms with E-state index < -0.39 is 24.0 Å². The molecule has 1 aliphatic rings. The van der Waals surface area contributed by atoms with Gasteiger partial charge in [-0.1, -0.05) is 32.0 Å². The average Bonchev–Trinajstić information content (AvgIpc) is 2.92. The molecule has 1 aromatic heterocycles. The average molecular weight is 344 g/mol. The molecular formula is C17H20N4O4. The van der Waals surface area contributed by atoms with Gasteiger partial charge in [-0.25, -0.2) is 14.6 Å². The number of ether oxygens (including phenoxy) is 2. The Morgan fingerprint density at radius 3 is 2.72 bits per heavy atom. The number of carbonyl (C=O) groups is 1. The molecule has 2 heterocycles. The van der Waals surface area contributed by atoms with Gasteiger partial charge in [0.15, 0.2) is 12.3 Å². The molecule has 1 aliphatic heterocycles. The van der Waals surface area contributed by atoms with E-state index in [1.54, 1.807) is 24.3 Å². The van der Waals surface area contributed by atoms with Crippen molar-refractivity contribution < 1.29 is 14.3 Å². The van der Waals surface area contributed by atoms with E-state index in [-0.39, 0.29) is 18.0 Å². The van der Waals surface area contributed by atoms with Gasteiger partial charge in [-0.15, -0.1) is 0 Å². The Hall–Kier alpha value is -2.74. The van der Waals surface area contributed by atoms with Crippen molar-refractivity contribution in [3.63, 3.8) is 0 Å². The third-order valence-corrected chi connectivity index (χ3v) is 4.37. The van der Waals surface area contributed by atoms with E-state index in [2.05, 4.69) is 9.97 Å². The lowest BCUT2D eigenvalue weighted by Crippen LogP contribution is -2.36. The summed E-state index contributed by atoms with van der Waals surface area (Å²) in [5, 5.41) is 0. The highest BCUT2D eigenvalue weighted by Crippen LogP contribution is 2.37. The molecule has 0 amide bonds. The molecule has 25 heavy (non-hydrogen) atoms. The number of hydrogen-bond acceptors (Lipinski definition) is 7. The molecule has 0 radical (unpaired) electrons. The number of nitrogens with two attached hydrogens (primary N) is 1. The van der Waals surface area contributed by atoms with Gasteiger partial charge in [0, 0.05) is 5.92 Å². The maximum Gasteiger partial charge on any atom is 0.354 e. The van der Waals surface area contributed by atoms with E-state index in [0.717, 1.165) is 6.42 Å². The molecule has 2 aromatic rings. The molecule has 8 heteroatoms. The van der Waals surface area contributed by atoms with Gasteiger partial charge < -0.3 is 15.2 Å². The first-order chi connectivity index (χ1) is 12.0. The number of carbonyl (C=O) groups excluding carboxylic acids is 1. The maximum atomic E-state index is 12.4. The van der Waals surface area contributed by atoms with Crippen LogP contribution in [0.2, 0.25) is 0 Å². The summed E-state index contributed by atoms with van der Waals surface area (Å²) in [5.74, 6) is -0.670. The molecule has 3 rings (SSSR count). The summed E-state index contributed by atoms with van der Waals surface area (Å²) in [5.41, 5.74) is 5.28. The fraction of sp³-hybridized carbons (Fsp3) is 0.412. The fourth-order valence-electron chi connectivity index (χ4n) is 3.00. The van der Waals surface area contributed by atoms with Crippen molar-refractivity contribution >= 4 is 11.9 Å². The largest absolute Gasteiger partial charge is 0.454 e. The van der Waals surface area contributed by atoms with Crippen molar-refractivity contribution in [1.29, 1.82) is 0 Å².